The SMILES string of the molecule is CC(=CCCOc1ccc(C)cc1)CCC1OC1(C)C. The maximum absolute atomic E-state index is 5.71. The van der Waals surface area contributed by atoms with E-state index in [9.17, 15) is 0 Å². The maximum atomic E-state index is 5.71. The van der Waals surface area contributed by atoms with Crippen LogP contribution in [0, 0.1) is 6.92 Å². The molecule has 0 bridgehead atoms. The summed E-state index contributed by atoms with van der Waals surface area (Å²) in [7, 11) is 0. The lowest BCUT2D eigenvalue weighted by Crippen LogP contribution is -2.02. The normalized spacial score (nSPS) is 20.8. The third-order valence-corrected chi connectivity index (χ3v) is 3.87. The predicted molar refractivity (Wildman–Crippen MR) is 83.2 cm³/mol. The summed E-state index contributed by atoms with van der Waals surface area (Å²) in [6.45, 7) is 9.34. The molecule has 0 amide bonds. The molecule has 2 nitrogen and oxygen atoms in total. The first-order valence-electron chi connectivity index (χ1n) is 7.50. The Kier molecular flexibility index (Phi) is 4.87. The van der Waals surface area contributed by atoms with Crippen LogP contribution in [0.1, 0.15) is 45.6 Å². The van der Waals surface area contributed by atoms with Gasteiger partial charge < -0.3 is 9.47 Å². The predicted octanol–water partition coefficient (Wildman–Crippen LogP) is 4.67. The van der Waals surface area contributed by atoms with Crippen LogP contribution in [-0.4, -0.2) is 18.3 Å². The number of hydrogen-bond donors (Lipinski definition) is 0. The largest absolute Gasteiger partial charge is 0.493 e. The Hall–Kier alpha value is -1.28. The molecule has 2 rings (SSSR count). The van der Waals surface area contributed by atoms with E-state index in [1.165, 1.54) is 11.1 Å². The molecule has 1 heterocycles. The van der Waals surface area contributed by atoms with E-state index in [4.69, 9.17) is 9.47 Å². The van der Waals surface area contributed by atoms with Crippen LogP contribution >= 0.6 is 0 Å². The molecule has 0 spiro atoms. The highest BCUT2D eigenvalue weighted by Crippen LogP contribution is 2.38. The van der Waals surface area contributed by atoms with Crippen LogP contribution in [-0.2, 0) is 4.74 Å². The van der Waals surface area contributed by atoms with Crippen molar-refractivity contribution < 1.29 is 9.47 Å². The number of rotatable bonds is 7. The van der Waals surface area contributed by atoms with Gasteiger partial charge in [0.05, 0.1) is 18.3 Å². The Labute approximate surface area is 122 Å². The van der Waals surface area contributed by atoms with Gasteiger partial charge in [-0.2, -0.15) is 0 Å². The second-order valence-corrected chi connectivity index (χ2v) is 6.25. The summed E-state index contributed by atoms with van der Waals surface area (Å²) >= 11 is 0. The first-order chi connectivity index (χ1) is 9.47. The molecule has 2 heteroatoms. The van der Waals surface area contributed by atoms with Crippen LogP contribution in [0.5, 0.6) is 5.75 Å². The summed E-state index contributed by atoms with van der Waals surface area (Å²) in [6, 6.07) is 8.21. The number of hydrogen-bond acceptors (Lipinski definition) is 2. The van der Waals surface area contributed by atoms with Crippen molar-refractivity contribution in [3.8, 4) is 5.75 Å². The van der Waals surface area contributed by atoms with Gasteiger partial charge in [0, 0.05) is 0 Å². The summed E-state index contributed by atoms with van der Waals surface area (Å²) in [5.41, 5.74) is 2.82. The van der Waals surface area contributed by atoms with Gasteiger partial charge in [0.1, 0.15) is 5.75 Å². The molecule has 0 aliphatic carbocycles. The van der Waals surface area contributed by atoms with Gasteiger partial charge in [-0.25, -0.2) is 0 Å². The summed E-state index contributed by atoms with van der Waals surface area (Å²) < 4.78 is 11.3. The first-order valence-corrected chi connectivity index (χ1v) is 7.50. The molecule has 1 aliphatic heterocycles. The van der Waals surface area contributed by atoms with E-state index in [-0.39, 0.29) is 5.60 Å². The standard InChI is InChI=1S/C18H26O2/c1-14(9-12-17-18(3,4)20-17)6-5-13-19-16-10-7-15(2)8-11-16/h6-8,10-11,17H,5,9,12-13H2,1-4H3. The van der Waals surface area contributed by atoms with Crippen molar-refractivity contribution in [2.24, 2.45) is 0 Å². The lowest BCUT2D eigenvalue weighted by Gasteiger charge is -2.05. The highest BCUT2D eigenvalue weighted by molar-refractivity contribution is 5.26. The summed E-state index contributed by atoms with van der Waals surface area (Å²) in [5, 5.41) is 0. The molecule has 1 saturated heterocycles. The van der Waals surface area contributed by atoms with Crippen molar-refractivity contribution in [2.75, 3.05) is 6.61 Å². The number of benzene rings is 1. The first kappa shape index (κ1) is 15.1. The number of epoxide rings is 1. The lowest BCUT2D eigenvalue weighted by molar-refractivity contribution is 0.319. The van der Waals surface area contributed by atoms with Gasteiger partial charge in [0.2, 0.25) is 0 Å². The minimum absolute atomic E-state index is 0.120. The van der Waals surface area contributed by atoms with E-state index in [2.05, 4.69) is 45.9 Å². The number of ether oxygens (including phenoxy) is 2. The molecule has 1 aromatic rings. The molecule has 1 aromatic carbocycles. The Morgan fingerprint density at radius 1 is 1.30 bits per heavy atom. The van der Waals surface area contributed by atoms with Crippen LogP contribution in [0.3, 0.4) is 0 Å². The molecule has 0 saturated carbocycles. The van der Waals surface area contributed by atoms with Gasteiger partial charge >= 0.3 is 0 Å². The fourth-order valence-electron chi connectivity index (χ4n) is 2.32. The van der Waals surface area contributed by atoms with Gasteiger partial charge in [0.15, 0.2) is 0 Å². The zero-order valence-electron chi connectivity index (χ0n) is 13.1. The highest BCUT2D eigenvalue weighted by atomic mass is 16.6. The molecular weight excluding hydrogens is 248 g/mol. The van der Waals surface area contributed by atoms with E-state index in [0.29, 0.717) is 6.10 Å². The van der Waals surface area contributed by atoms with Crippen LogP contribution in [0.4, 0.5) is 0 Å². The second kappa shape index (κ2) is 6.45. The molecule has 0 N–H and O–H groups in total. The summed E-state index contributed by atoms with van der Waals surface area (Å²) in [6.07, 6.45) is 5.96. The van der Waals surface area contributed by atoms with Crippen LogP contribution in [0.2, 0.25) is 0 Å². The van der Waals surface area contributed by atoms with Crippen molar-refractivity contribution in [1.29, 1.82) is 0 Å². The van der Waals surface area contributed by atoms with Gasteiger partial charge in [-0.3, -0.25) is 0 Å². The molecule has 0 radical (unpaired) electrons. The second-order valence-electron chi connectivity index (χ2n) is 6.25. The van der Waals surface area contributed by atoms with Crippen LogP contribution < -0.4 is 4.74 Å². The fraction of sp³-hybridized carbons (Fsp3) is 0.556. The van der Waals surface area contributed by atoms with E-state index in [1.807, 2.05) is 12.1 Å². The molecule has 20 heavy (non-hydrogen) atoms. The summed E-state index contributed by atoms with van der Waals surface area (Å²) in [4.78, 5) is 0. The minimum Gasteiger partial charge on any atom is -0.493 e. The smallest absolute Gasteiger partial charge is 0.119 e. The van der Waals surface area contributed by atoms with Crippen LogP contribution in [0.25, 0.3) is 0 Å². The zero-order chi connectivity index (χ0) is 14.6. The van der Waals surface area contributed by atoms with Gasteiger partial charge in [0.25, 0.3) is 0 Å². The minimum atomic E-state index is 0.120. The lowest BCUT2D eigenvalue weighted by atomic mass is 10.0. The molecule has 1 aliphatic rings. The number of aryl methyl sites for hydroxylation is 1. The Morgan fingerprint density at radius 2 is 1.95 bits per heavy atom. The fourth-order valence-corrected chi connectivity index (χ4v) is 2.32. The number of allylic oxidation sites excluding steroid dienone is 1. The van der Waals surface area contributed by atoms with Crippen molar-refractivity contribution >= 4 is 0 Å². The van der Waals surface area contributed by atoms with E-state index >= 15 is 0 Å². The summed E-state index contributed by atoms with van der Waals surface area (Å²) in [5.74, 6) is 0.954. The van der Waals surface area contributed by atoms with Crippen LogP contribution in [0.15, 0.2) is 35.9 Å². The average Bonchev–Trinajstić information content (AvgIpc) is 3.02. The third-order valence-electron chi connectivity index (χ3n) is 3.87. The Morgan fingerprint density at radius 3 is 2.55 bits per heavy atom. The van der Waals surface area contributed by atoms with E-state index < -0.39 is 0 Å². The van der Waals surface area contributed by atoms with Crippen molar-refractivity contribution in [3.05, 3.63) is 41.5 Å². The Balaban J connectivity index is 1.61. The van der Waals surface area contributed by atoms with E-state index in [0.717, 1.165) is 31.6 Å². The topological polar surface area (TPSA) is 21.8 Å². The Bertz CT molecular complexity index is 457. The molecule has 1 atom stereocenters. The molecule has 110 valence electrons. The van der Waals surface area contributed by atoms with Gasteiger partial charge in [-0.05, 0) is 59.1 Å². The monoisotopic (exact) mass is 274 g/mol. The van der Waals surface area contributed by atoms with Gasteiger partial charge in [-0.15, -0.1) is 0 Å². The van der Waals surface area contributed by atoms with Gasteiger partial charge in [-0.1, -0.05) is 29.3 Å². The quantitative estimate of drug-likeness (QED) is 0.409. The molecule has 0 aromatic heterocycles. The van der Waals surface area contributed by atoms with Crippen molar-refractivity contribution in [2.45, 2.75) is 58.7 Å². The van der Waals surface area contributed by atoms with Crippen molar-refractivity contribution in [3.63, 3.8) is 0 Å². The highest BCUT2D eigenvalue weighted by Gasteiger charge is 2.46. The third kappa shape index (κ3) is 4.68. The van der Waals surface area contributed by atoms with E-state index in [1.54, 1.807) is 0 Å². The molecular formula is C18H26O2. The molecule has 1 unspecified atom stereocenters. The maximum Gasteiger partial charge on any atom is 0.119 e. The molecule has 1 fully saturated rings. The average molecular weight is 274 g/mol. The zero-order valence-corrected chi connectivity index (χ0v) is 13.1. The van der Waals surface area contributed by atoms with Crippen molar-refractivity contribution in [1.82, 2.24) is 0 Å².